The maximum absolute atomic E-state index is 6.01. The third-order valence-electron chi connectivity index (χ3n) is 1.57. The van der Waals surface area contributed by atoms with E-state index in [0.29, 0.717) is 9.22 Å². The lowest BCUT2D eigenvalue weighted by Crippen LogP contribution is -2.10. The standard InChI is InChI=1S/C8H4Cl5NS2/c1-14-8(15)16-7-5(12)3(10)2(9)4(11)6(7)13/h1H3,(H,14,15). The molecule has 0 heterocycles. The topological polar surface area (TPSA) is 12.0 Å². The predicted octanol–water partition coefficient (Wildman–Crippen LogP) is 5.55. The molecule has 1 rings (SSSR count). The van der Waals surface area contributed by atoms with Crippen molar-refractivity contribution < 1.29 is 0 Å². The number of halogens is 5. The molecular weight excluding hydrogens is 351 g/mol. The van der Waals surface area contributed by atoms with Crippen molar-refractivity contribution >= 4 is 86.3 Å². The Morgan fingerprint density at radius 1 is 0.938 bits per heavy atom. The van der Waals surface area contributed by atoms with E-state index in [1.54, 1.807) is 7.05 Å². The van der Waals surface area contributed by atoms with E-state index in [1.807, 2.05) is 0 Å². The summed E-state index contributed by atoms with van der Waals surface area (Å²) in [6.45, 7) is 0. The zero-order valence-electron chi connectivity index (χ0n) is 7.71. The fourth-order valence-corrected chi connectivity index (χ4v) is 3.22. The van der Waals surface area contributed by atoms with Crippen molar-refractivity contribution in [3.63, 3.8) is 0 Å². The summed E-state index contributed by atoms with van der Waals surface area (Å²) in [6, 6.07) is 0. The van der Waals surface area contributed by atoms with Crippen LogP contribution >= 0.6 is 82.0 Å². The van der Waals surface area contributed by atoms with E-state index in [2.05, 4.69) is 5.32 Å². The molecule has 0 radical (unpaired) electrons. The van der Waals surface area contributed by atoms with Crippen LogP contribution in [-0.4, -0.2) is 11.4 Å². The smallest absolute Gasteiger partial charge is 0.138 e. The minimum atomic E-state index is 0.137. The minimum Gasteiger partial charge on any atom is -0.374 e. The van der Waals surface area contributed by atoms with Gasteiger partial charge in [0.1, 0.15) is 4.32 Å². The highest BCUT2D eigenvalue weighted by atomic mass is 35.5. The maximum Gasteiger partial charge on any atom is 0.138 e. The van der Waals surface area contributed by atoms with E-state index in [1.165, 1.54) is 0 Å². The van der Waals surface area contributed by atoms with Gasteiger partial charge in [0.25, 0.3) is 0 Å². The van der Waals surface area contributed by atoms with Gasteiger partial charge < -0.3 is 5.32 Å². The van der Waals surface area contributed by atoms with Gasteiger partial charge in [0.2, 0.25) is 0 Å². The Labute approximate surface area is 128 Å². The van der Waals surface area contributed by atoms with Gasteiger partial charge in [0, 0.05) is 7.05 Å². The first-order valence-corrected chi connectivity index (χ1v) is 6.92. The van der Waals surface area contributed by atoms with Crippen LogP contribution in [0.2, 0.25) is 25.1 Å². The fraction of sp³-hybridized carbons (Fsp3) is 0.125. The van der Waals surface area contributed by atoms with E-state index >= 15 is 0 Å². The molecule has 0 amide bonds. The molecule has 8 heteroatoms. The molecule has 0 aliphatic heterocycles. The normalized spacial score (nSPS) is 10.4. The molecule has 0 fully saturated rings. The lowest BCUT2D eigenvalue weighted by Gasteiger charge is -2.11. The quantitative estimate of drug-likeness (QED) is 0.307. The average Bonchev–Trinajstić information content (AvgIpc) is 2.29. The molecular formula is C8H4Cl5NS2. The van der Waals surface area contributed by atoms with E-state index in [-0.39, 0.29) is 25.1 Å². The third-order valence-corrected chi connectivity index (χ3v) is 5.53. The zero-order chi connectivity index (χ0) is 12.5. The summed E-state index contributed by atoms with van der Waals surface area (Å²) in [4.78, 5) is 0.488. The van der Waals surface area contributed by atoms with Crippen LogP contribution in [0.4, 0.5) is 0 Å². The highest BCUT2D eigenvalue weighted by Crippen LogP contribution is 2.47. The molecule has 0 spiro atoms. The summed E-state index contributed by atoms with van der Waals surface area (Å²) in [7, 11) is 1.69. The van der Waals surface area contributed by atoms with Crippen molar-refractivity contribution in [3.8, 4) is 0 Å². The molecule has 1 aromatic carbocycles. The lowest BCUT2D eigenvalue weighted by molar-refractivity contribution is 1.23. The molecule has 0 atom stereocenters. The predicted molar refractivity (Wildman–Crippen MR) is 79.0 cm³/mol. The van der Waals surface area contributed by atoms with Crippen molar-refractivity contribution in [1.29, 1.82) is 0 Å². The Hall–Kier alpha value is 0.910. The lowest BCUT2D eigenvalue weighted by atomic mass is 10.3. The molecule has 0 aliphatic rings. The van der Waals surface area contributed by atoms with Crippen LogP contribution in [0.1, 0.15) is 0 Å². The molecule has 0 saturated heterocycles. The monoisotopic (exact) mass is 353 g/mol. The van der Waals surface area contributed by atoms with Crippen molar-refractivity contribution in [2.24, 2.45) is 0 Å². The van der Waals surface area contributed by atoms with Gasteiger partial charge in [-0.3, -0.25) is 0 Å². The van der Waals surface area contributed by atoms with Crippen LogP contribution in [0.5, 0.6) is 0 Å². The number of rotatable bonds is 1. The SMILES string of the molecule is CNC(=S)Sc1c(Cl)c(Cl)c(Cl)c(Cl)c1Cl. The first kappa shape index (κ1) is 15.0. The Balaban J connectivity index is 3.34. The second-order valence-electron chi connectivity index (χ2n) is 2.54. The van der Waals surface area contributed by atoms with Crippen LogP contribution in [0.3, 0.4) is 0 Å². The summed E-state index contributed by atoms with van der Waals surface area (Å²) < 4.78 is 0.498. The summed E-state index contributed by atoms with van der Waals surface area (Å²) >= 11 is 35.8. The van der Waals surface area contributed by atoms with Crippen molar-refractivity contribution in [2.75, 3.05) is 7.05 Å². The number of thioether (sulfide) groups is 1. The molecule has 1 aromatic rings. The van der Waals surface area contributed by atoms with E-state index in [0.717, 1.165) is 11.8 Å². The van der Waals surface area contributed by atoms with Gasteiger partial charge in [0.15, 0.2) is 0 Å². The number of nitrogens with one attached hydrogen (secondary N) is 1. The van der Waals surface area contributed by atoms with Gasteiger partial charge in [-0.15, -0.1) is 0 Å². The van der Waals surface area contributed by atoms with Crippen LogP contribution < -0.4 is 5.32 Å². The minimum absolute atomic E-state index is 0.137. The third kappa shape index (κ3) is 3.02. The Kier molecular flexibility index (Phi) is 5.79. The fourth-order valence-electron chi connectivity index (χ4n) is 0.818. The second kappa shape index (κ2) is 6.19. The molecule has 0 bridgehead atoms. The van der Waals surface area contributed by atoms with Crippen LogP contribution in [0.25, 0.3) is 0 Å². The summed E-state index contributed by atoms with van der Waals surface area (Å²) in [6.07, 6.45) is 0. The van der Waals surface area contributed by atoms with Crippen LogP contribution in [0.15, 0.2) is 4.90 Å². The van der Waals surface area contributed by atoms with E-state index in [9.17, 15) is 0 Å². The highest BCUT2D eigenvalue weighted by molar-refractivity contribution is 8.23. The first-order chi connectivity index (χ1) is 7.40. The molecule has 0 unspecified atom stereocenters. The molecule has 88 valence electrons. The molecule has 0 aliphatic carbocycles. The molecule has 0 saturated carbocycles. The summed E-state index contributed by atoms with van der Waals surface area (Å²) in [5.74, 6) is 0. The highest BCUT2D eigenvalue weighted by Gasteiger charge is 2.20. The van der Waals surface area contributed by atoms with Gasteiger partial charge in [-0.25, -0.2) is 0 Å². The number of thiocarbonyl (C=S) groups is 1. The molecule has 1 nitrogen and oxygen atoms in total. The Morgan fingerprint density at radius 3 is 1.69 bits per heavy atom. The number of hydrogen-bond acceptors (Lipinski definition) is 2. The van der Waals surface area contributed by atoms with Crippen LogP contribution in [-0.2, 0) is 0 Å². The zero-order valence-corrected chi connectivity index (χ0v) is 13.1. The molecule has 1 N–H and O–H groups in total. The largest absolute Gasteiger partial charge is 0.374 e. The van der Waals surface area contributed by atoms with Gasteiger partial charge in [-0.2, -0.15) is 0 Å². The van der Waals surface area contributed by atoms with Crippen molar-refractivity contribution in [2.45, 2.75) is 4.90 Å². The first-order valence-electron chi connectivity index (χ1n) is 3.81. The van der Waals surface area contributed by atoms with E-state index in [4.69, 9.17) is 70.2 Å². The average molecular weight is 356 g/mol. The van der Waals surface area contributed by atoms with Gasteiger partial charge in [-0.1, -0.05) is 82.0 Å². The van der Waals surface area contributed by atoms with Gasteiger partial charge >= 0.3 is 0 Å². The van der Waals surface area contributed by atoms with Gasteiger partial charge in [-0.05, 0) is 0 Å². The summed E-state index contributed by atoms with van der Waals surface area (Å²) in [5.41, 5.74) is 0. The molecule has 16 heavy (non-hydrogen) atoms. The van der Waals surface area contributed by atoms with Crippen molar-refractivity contribution in [1.82, 2.24) is 5.32 Å². The van der Waals surface area contributed by atoms with Gasteiger partial charge in [0.05, 0.1) is 30.0 Å². The summed E-state index contributed by atoms with van der Waals surface area (Å²) in [5, 5.41) is 3.73. The number of benzene rings is 1. The number of hydrogen-bond donors (Lipinski definition) is 1. The second-order valence-corrected chi connectivity index (χ2v) is 6.12. The molecule has 0 aromatic heterocycles. The Bertz CT molecular complexity index is 420. The Morgan fingerprint density at radius 2 is 1.31 bits per heavy atom. The van der Waals surface area contributed by atoms with E-state index < -0.39 is 0 Å². The van der Waals surface area contributed by atoms with Crippen LogP contribution in [0, 0.1) is 0 Å². The van der Waals surface area contributed by atoms with Crippen molar-refractivity contribution in [3.05, 3.63) is 25.1 Å². The maximum atomic E-state index is 6.01.